The number of ether oxygens (including phenoxy) is 2. The number of carboxylic acid groups (broad SMARTS) is 1. The summed E-state index contributed by atoms with van der Waals surface area (Å²) in [5.74, 6) is 1.24. The Hall–Kier alpha value is -4.82. The second-order valence-corrected chi connectivity index (χ2v) is 10.3. The van der Waals surface area contributed by atoms with Crippen LogP contribution in [0.5, 0.6) is 5.75 Å². The van der Waals surface area contributed by atoms with Gasteiger partial charge in [-0.05, 0) is 53.9 Å². The number of rotatable bonds is 9. The van der Waals surface area contributed by atoms with Crippen LogP contribution in [-0.4, -0.2) is 47.8 Å². The van der Waals surface area contributed by atoms with Gasteiger partial charge in [-0.3, -0.25) is 9.78 Å². The number of H-pyrrole nitrogens is 1. The first kappa shape index (κ1) is 26.4. The second kappa shape index (κ2) is 11.0. The van der Waals surface area contributed by atoms with Crippen molar-refractivity contribution in [3.05, 3.63) is 85.7 Å². The number of carboxylic acids is 1. The van der Waals surface area contributed by atoms with E-state index in [-0.39, 0.29) is 19.0 Å². The van der Waals surface area contributed by atoms with Crippen molar-refractivity contribution in [3.8, 4) is 23.0 Å². The van der Waals surface area contributed by atoms with E-state index in [4.69, 9.17) is 14.0 Å². The van der Waals surface area contributed by atoms with Crippen molar-refractivity contribution in [1.29, 1.82) is 0 Å². The third-order valence-corrected chi connectivity index (χ3v) is 7.37. The summed E-state index contributed by atoms with van der Waals surface area (Å²) in [7, 11) is 0. The molecule has 4 heterocycles. The molecule has 3 N–H and O–H groups in total. The van der Waals surface area contributed by atoms with E-state index in [1.165, 1.54) is 5.51 Å². The number of anilines is 1. The molecular weight excluding hydrogens is 550 g/mol. The third kappa shape index (κ3) is 5.34. The summed E-state index contributed by atoms with van der Waals surface area (Å²) in [4.78, 5) is 36.2. The van der Waals surface area contributed by atoms with Crippen LogP contribution in [0, 0.1) is 6.92 Å². The molecule has 210 valence electrons. The predicted octanol–water partition coefficient (Wildman–Crippen LogP) is 3.63. The molecule has 5 aromatic rings. The molecule has 0 bridgehead atoms. The van der Waals surface area contributed by atoms with E-state index in [0.717, 1.165) is 56.1 Å². The lowest BCUT2D eigenvalue weighted by Crippen LogP contribution is -2.18. The molecule has 0 saturated heterocycles. The molecule has 3 aromatic heterocycles. The molecule has 1 aliphatic rings. The van der Waals surface area contributed by atoms with Crippen molar-refractivity contribution in [2.24, 2.45) is 0 Å². The lowest BCUT2D eigenvalue weighted by molar-refractivity contribution is -0.136. The molecule has 2 aromatic carbocycles. The van der Waals surface area contributed by atoms with Crippen LogP contribution in [-0.2, 0) is 29.0 Å². The summed E-state index contributed by atoms with van der Waals surface area (Å²) < 4.78 is 17.5. The van der Waals surface area contributed by atoms with E-state index < -0.39 is 17.7 Å². The Bertz CT molecular complexity index is 1750. The molecule has 14 heteroatoms. The lowest BCUT2D eigenvalue weighted by Gasteiger charge is -2.24. The van der Waals surface area contributed by atoms with Gasteiger partial charge in [0.1, 0.15) is 11.8 Å². The van der Waals surface area contributed by atoms with E-state index in [1.807, 2.05) is 43.3 Å². The maximum atomic E-state index is 13.1. The van der Waals surface area contributed by atoms with Gasteiger partial charge < -0.3 is 24.4 Å². The van der Waals surface area contributed by atoms with Crippen LogP contribution in [0.4, 0.5) is 5.69 Å². The summed E-state index contributed by atoms with van der Waals surface area (Å²) >= 11 is 1.15. The second-order valence-electron chi connectivity index (χ2n) is 9.32. The minimum atomic E-state index is -1.02. The first-order chi connectivity index (χ1) is 19.9. The number of thiazole rings is 1. The average molecular weight is 576 g/mol. The van der Waals surface area contributed by atoms with E-state index in [0.29, 0.717) is 29.0 Å². The van der Waals surface area contributed by atoms with E-state index in [2.05, 4.69) is 30.5 Å². The summed E-state index contributed by atoms with van der Waals surface area (Å²) in [6, 6.07) is 10.9. The number of carbonyl (C=O) groups is 1. The maximum absolute atomic E-state index is 13.1. The van der Waals surface area contributed by atoms with Gasteiger partial charge in [0.2, 0.25) is 11.7 Å². The molecule has 0 aliphatic carbocycles. The van der Waals surface area contributed by atoms with Crippen LogP contribution in [0.15, 0.2) is 51.2 Å². The number of aromatic nitrogens is 6. The number of aryl methyl sites for hydroxylation is 2. The van der Waals surface area contributed by atoms with Crippen molar-refractivity contribution < 1.29 is 23.9 Å². The fourth-order valence-corrected chi connectivity index (χ4v) is 5.40. The molecule has 6 rings (SSSR count). The van der Waals surface area contributed by atoms with Crippen molar-refractivity contribution in [2.45, 2.75) is 39.3 Å². The first-order valence-corrected chi connectivity index (χ1v) is 13.6. The number of fused-ring (bicyclic) bond motifs is 1. The van der Waals surface area contributed by atoms with Crippen LogP contribution in [0.25, 0.3) is 17.2 Å². The van der Waals surface area contributed by atoms with Crippen LogP contribution in [0.2, 0.25) is 0 Å². The van der Waals surface area contributed by atoms with Crippen molar-refractivity contribution in [3.63, 3.8) is 0 Å². The molecule has 1 aliphatic heterocycles. The van der Waals surface area contributed by atoms with Gasteiger partial charge in [0.25, 0.3) is 0 Å². The monoisotopic (exact) mass is 575 g/mol. The molecule has 1 unspecified atom stereocenters. The summed E-state index contributed by atoms with van der Waals surface area (Å²) in [5.41, 5.74) is 5.22. The number of aliphatic carboxylic acids is 1. The first-order valence-electron chi connectivity index (χ1n) is 12.8. The highest BCUT2D eigenvalue weighted by Gasteiger charge is 2.26. The molecule has 41 heavy (non-hydrogen) atoms. The highest BCUT2D eigenvalue weighted by atomic mass is 32.1. The largest absolute Gasteiger partial charge is 0.481 e. The van der Waals surface area contributed by atoms with Crippen LogP contribution < -0.4 is 15.7 Å². The molecule has 0 spiro atoms. The molecule has 1 atom stereocenters. The smallest absolute Gasteiger partial charge is 0.349 e. The van der Waals surface area contributed by atoms with Crippen LogP contribution in [0.1, 0.15) is 46.2 Å². The van der Waals surface area contributed by atoms with Crippen LogP contribution in [0.3, 0.4) is 0 Å². The molecule has 0 radical (unpaired) electrons. The topological polar surface area (TPSA) is 170 Å². The SMILES string of the molecule is CCc1cc(C(Nc2ccc(-c3noc(C)n3)cc2)c2nn(-c3ncsc3CC(=O)O)c(=O)[nH]2)cc2c1OCOC2. The normalized spacial score (nSPS) is 13.4. The number of nitrogens with zero attached hydrogens (tertiary/aromatic N) is 5. The van der Waals surface area contributed by atoms with Gasteiger partial charge in [-0.25, -0.2) is 9.78 Å². The zero-order valence-electron chi connectivity index (χ0n) is 22.1. The summed E-state index contributed by atoms with van der Waals surface area (Å²) in [5, 5.41) is 21.3. The van der Waals surface area contributed by atoms with Crippen molar-refractivity contribution in [1.82, 2.24) is 29.9 Å². The molecule has 0 saturated carbocycles. The molecule has 13 nitrogen and oxygen atoms in total. The Kier molecular flexibility index (Phi) is 7.07. The van der Waals surface area contributed by atoms with E-state index in [9.17, 15) is 14.7 Å². The molecular formula is C27H25N7O6S. The fourth-order valence-electron chi connectivity index (χ4n) is 4.67. The van der Waals surface area contributed by atoms with Gasteiger partial charge in [-0.15, -0.1) is 16.4 Å². The standard InChI is InChI=1S/C27H25N7O6S/c1-3-15-8-17(9-18-11-38-13-39-23(15)18)22(30-19-6-4-16(5-7-19)24-29-14(2)40-33-24)25-31-27(37)34(32-25)26-20(10-21(35)36)41-12-28-26/h4-9,12,22,30H,3,10-11,13H2,1-2H3,(H,35,36)(H,31,32,37). The highest BCUT2D eigenvalue weighted by Crippen LogP contribution is 2.35. The highest BCUT2D eigenvalue weighted by molar-refractivity contribution is 7.10. The number of benzene rings is 2. The summed E-state index contributed by atoms with van der Waals surface area (Å²) in [6.45, 7) is 4.36. The number of nitrogens with one attached hydrogen (secondary N) is 2. The van der Waals surface area contributed by atoms with Gasteiger partial charge in [-0.2, -0.15) is 9.67 Å². The van der Waals surface area contributed by atoms with Gasteiger partial charge >= 0.3 is 11.7 Å². The predicted molar refractivity (Wildman–Crippen MR) is 147 cm³/mol. The lowest BCUT2D eigenvalue weighted by atomic mass is 9.97. The fraction of sp³-hybridized carbons (Fsp3) is 0.259. The Morgan fingerprint density at radius 2 is 2.10 bits per heavy atom. The van der Waals surface area contributed by atoms with Crippen molar-refractivity contribution in [2.75, 3.05) is 12.1 Å². The quantitative estimate of drug-likeness (QED) is 0.234. The zero-order chi connectivity index (χ0) is 28.5. The maximum Gasteiger partial charge on any atom is 0.349 e. The third-order valence-electron chi connectivity index (χ3n) is 6.55. The average Bonchev–Trinajstić information content (AvgIpc) is 3.71. The Morgan fingerprint density at radius 3 is 2.83 bits per heavy atom. The zero-order valence-corrected chi connectivity index (χ0v) is 22.9. The Balaban J connectivity index is 1.41. The molecule has 0 fully saturated rings. The minimum Gasteiger partial charge on any atom is -0.481 e. The Labute approximate surface area is 236 Å². The summed E-state index contributed by atoms with van der Waals surface area (Å²) in [6.07, 6.45) is 0.456. The number of hydrogen-bond donors (Lipinski definition) is 3. The van der Waals surface area contributed by atoms with Crippen molar-refractivity contribution >= 4 is 23.0 Å². The minimum absolute atomic E-state index is 0.185. The van der Waals surface area contributed by atoms with Gasteiger partial charge in [-0.1, -0.05) is 12.1 Å². The van der Waals surface area contributed by atoms with Crippen LogP contribution >= 0.6 is 11.3 Å². The Morgan fingerprint density at radius 1 is 1.27 bits per heavy atom. The number of hydrogen-bond acceptors (Lipinski definition) is 11. The van der Waals surface area contributed by atoms with Gasteiger partial charge in [0.15, 0.2) is 18.4 Å². The van der Waals surface area contributed by atoms with E-state index in [1.54, 1.807) is 6.92 Å². The van der Waals surface area contributed by atoms with Gasteiger partial charge in [0, 0.05) is 23.7 Å². The van der Waals surface area contributed by atoms with E-state index >= 15 is 0 Å². The molecule has 0 amide bonds. The number of aromatic amines is 1. The van der Waals surface area contributed by atoms with Gasteiger partial charge in [0.05, 0.1) is 23.4 Å².